The van der Waals surface area contributed by atoms with Crippen LogP contribution in [0.1, 0.15) is 18.4 Å². The topological polar surface area (TPSA) is 54.4 Å². The molecule has 1 N–H and O–H groups in total. The molecule has 0 heterocycles. The average molecular weight is 287 g/mol. The standard InChI is InChI=1S/C11H8BrFO3/c12-6-1-2-8(9(13)3-6)11(10(15)16)4-7(14)5-11/h1-3H,4-5H2,(H,15,16). The Hall–Kier alpha value is -1.23. The average Bonchev–Trinajstić information content (AvgIpc) is 2.12. The normalized spacial score (nSPS) is 18.0. The van der Waals surface area contributed by atoms with Crippen LogP contribution in [0, 0.1) is 5.82 Å². The molecule has 5 heteroatoms. The van der Waals surface area contributed by atoms with Crippen LogP contribution < -0.4 is 0 Å². The number of hydrogen-bond acceptors (Lipinski definition) is 2. The summed E-state index contributed by atoms with van der Waals surface area (Å²) in [5, 5.41) is 9.12. The molecule has 0 radical (unpaired) electrons. The minimum Gasteiger partial charge on any atom is -0.481 e. The van der Waals surface area contributed by atoms with E-state index < -0.39 is 17.2 Å². The first-order valence-electron chi connectivity index (χ1n) is 4.66. The van der Waals surface area contributed by atoms with Gasteiger partial charge in [0, 0.05) is 22.9 Å². The van der Waals surface area contributed by atoms with E-state index in [4.69, 9.17) is 5.11 Å². The van der Waals surface area contributed by atoms with E-state index in [2.05, 4.69) is 15.9 Å². The number of Topliss-reactive ketones (excluding diaryl/α,β-unsaturated/α-hetero) is 1. The molecule has 0 unspecified atom stereocenters. The van der Waals surface area contributed by atoms with Gasteiger partial charge in [0.25, 0.3) is 0 Å². The second kappa shape index (κ2) is 3.66. The molecule has 2 rings (SSSR count). The Morgan fingerprint density at radius 2 is 2.06 bits per heavy atom. The van der Waals surface area contributed by atoms with Crippen molar-refractivity contribution in [3.63, 3.8) is 0 Å². The summed E-state index contributed by atoms with van der Waals surface area (Å²) in [6.07, 6.45) is -0.248. The lowest BCUT2D eigenvalue weighted by atomic mass is 9.63. The van der Waals surface area contributed by atoms with Crippen molar-refractivity contribution in [2.24, 2.45) is 0 Å². The van der Waals surface area contributed by atoms with Crippen molar-refractivity contribution < 1.29 is 19.1 Å². The third-order valence-corrected chi connectivity index (χ3v) is 3.35. The van der Waals surface area contributed by atoms with Crippen LogP contribution >= 0.6 is 15.9 Å². The smallest absolute Gasteiger partial charge is 0.315 e. The van der Waals surface area contributed by atoms with Crippen molar-refractivity contribution >= 4 is 27.7 Å². The lowest BCUT2D eigenvalue weighted by Crippen LogP contribution is -2.48. The number of carboxylic acids is 1. The van der Waals surface area contributed by atoms with Crippen molar-refractivity contribution in [1.29, 1.82) is 0 Å². The van der Waals surface area contributed by atoms with E-state index in [1.807, 2.05) is 0 Å². The van der Waals surface area contributed by atoms with Crippen LogP contribution in [0.3, 0.4) is 0 Å². The summed E-state index contributed by atoms with van der Waals surface area (Å²) in [6, 6.07) is 4.20. The van der Waals surface area contributed by atoms with Crippen LogP contribution in [0.2, 0.25) is 0 Å². The molecule has 0 atom stereocenters. The maximum atomic E-state index is 13.6. The maximum absolute atomic E-state index is 13.6. The van der Waals surface area contributed by atoms with Gasteiger partial charge in [0.05, 0.1) is 0 Å². The summed E-state index contributed by atoms with van der Waals surface area (Å²) in [7, 11) is 0. The van der Waals surface area contributed by atoms with Gasteiger partial charge in [0.2, 0.25) is 0 Å². The Labute approximate surface area is 99.4 Å². The predicted octanol–water partition coefficient (Wildman–Crippen LogP) is 2.27. The van der Waals surface area contributed by atoms with Gasteiger partial charge in [-0.15, -0.1) is 0 Å². The van der Waals surface area contributed by atoms with Crippen LogP contribution in [0.5, 0.6) is 0 Å². The SMILES string of the molecule is O=C1CC(C(=O)O)(c2ccc(Br)cc2F)C1. The number of halogens is 2. The fraction of sp³-hybridized carbons (Fsp3) is 0.273. The zero-order chi connectivity index (χ0) is 11.9. The van der Waals surface area contributed by atoms with Gasteiger partial charge in [-0.25, -0.2) is 4.39 Å². The van der Waals surface area contributed by atoms with Crippen LogP contribution in [0.25, 0.3) is 0 Å². The Bertz CT molecular complexity index is 476. The molecule has 1 aliphatic carbocycles. The molecular formula is C11H8BrFO3. The first kappa shape index (κ1) is 11.3. The summed E-state index contributed by atoms with van der Waals surface area (Å²) in [6.45, 7) is 0. The van der Waals surface area contributed by atoms with Gasteiger partial charge >= 0.3 is 5.97 Å². The van der Waals surface area contributed by atoms with Gasteiger partial charge in [-0.2, -0.15) is 0 Å². The number of carboxylic acid groups (broad SMARTS) is 1. The summed E-state index contributed by atoms with van der Waals surface area (Å²) >= 11 is 3.10. The van der Waals surface area contributed by atoms with Gasteiger partial charge in [-0.3, -0.25) is 9.59 Å². The monoisotopic (exact) mass is 286 g/mol. The molecule has 0 bridgehead atoms. The van der Waals surface area contributed by atoms with E-state index in [9.17, 15) is 14.0 Å². The second-order valence-corrected chi connectivity index (χ2v) is 4.82. The van der Waals surface area contributed by atoms with Crippen molar-refractivity contribution in [3.05, 3.63) is 34.1 Å². The second-order valence-electron chi connectivity index (χ2n) is 3.90. The highest BCUT2D eigenvalue weighted by Gasteiger charge is 2.52. The molecule has 16 heavy (non-hydrogen) atoms. The number of carbonyl (C=O) groups excluding carboxylic acids is 1. The lowest BCUT2D eigenvalue weighted by Gasteiger charge is -2.36. The lowest BCUT2D eigenvalue weighted by molar-refractivity contribution is -0.153. The molecule has 0 amide bonds. The van der Waals surface area contributed by atoms with Gasteiger partial charge in [0.15, 0.2) is 0 Å². The van der Waals surface area contributed by atoms with Crippen molar-refractivity contribution in [2.45, 2.75) is 18.3 Å². The number of benzene rings is 1. The highest BCUT2D eigenvalue weighted by atomic mass is 79.9. The Kier molecular flexibility index (Phi) is 2.58. The predicted molar refractivity (Wildman–Crippen MR) is 57.7 cm³/mol. The van der Waals surface area contributed by atoms with Gasteiger partial charge in [-0.1, -0.05) is 22.0 Å². The summed E-state index contributed by atoms with van der Waals surface area (Å²) < 4.78 is 14.2. The van der Waals surface area contributed by atoms with Gasteiger partial charge in [0.1, 0.15) is 17.0 Å². The molecule has 1 aromatic rings. The molecule has 3 nitrogen and oxygen atoms in total. The minimum absolute atomic E-state index is 0.0859. The molecule has 0 spiro atoms. The highest BCUT2D eigenvalue weighted by molar-refractivity contribution is 9.10. The zero-order valence-electron chi connectivity index (χ0n) is 8.17. The number of rotatable bonds is 2. The van der Waals surface area contributed by atoms with Crippen molar-refractivity contribution in [1.82, 2.24) is 0 Å². The van der Waals surface area contributed by atoms with Crippen molar-refractivity contribution in [3.8, 4) is 0 Å². The Balaban J connectivity index is 2.49. The number of aliphatic carboxylic acids is 1. The Morgan fingerprint density at radius 1 is 1.44 bits per heavy atom. The number of hydrogen-bond donors (Lipinski definition) is 1. The molecular weight excluding hydrogens is 279 g/mol. The quantitative estimate of drug-likeness (QED) is 0.907. The molecule has 0 aromatic heterocycles. The van der Waals surface area contributed by atoms with E-state index in [1.165, 1.54) is 12.1 Å². The van der Waals surface area contributed by atoms with Crippen molar-refractivity contribution in [2.75, 3.05) is 0 Å². The third kappa shape index (κ3) is 1.55. The highest BCUT2D eigenvalue weighted by Crippen LogP contribution is 2.43. The summed E-state index contributed by atoms with van der Waals surface area (Å²) in [5.41, 5.74) is -1.27. The minimum atomic E-state index is -1.36. The molecule has 1 aromatic carbocycles. The largest absolute Gasteiger partial charge is 0.481 e. The molecule has 84 valence electrons. The number of carbonyl (C=O) groups is 2. The zero-order valence-corrected chi connectivity index (χ0v) is 9.75. The fourth-order valence-electron chi connectivity index (χ4n) is 1.96. The van der Waals surface area contributed by atoms with E-state index in [0.29, 0.717) is 4.47 Å². The first-order valence-corrected chi connectivity index (χ1v) is 5.46. The molecule has 1 saturated carbocycles. The molecule has 0 aliphatic heterocycles. The van der Waals surface area contributed by atoms with E-state index in [-0.39, 0.29) is 24.2 Å². The molecule has 1 fully saturated rings. The van der Waals surface area contributed by atoms with Crippen LogP contribution in [0.15, 0.2) is 22.7 Å². The summed E-state index contributed by atoms with van der Waals surface area (Å²) in [5.74, 6) is -1.89. The van der Waals surface area contributed by atoms with Gasteiger partial charge in [-0.05, 0) is 12.1 Å². The third-order valence-electron chi connectivity index (χ3n) is 2.85. The maximum Gasteiger partial charge on any atom is 0.315 e. The fourth-order valence-corrected chi connectivity index (χ4v) is 2.29. The summed E-state index contributed by atoms with van der Waals surface area (Å²) in [4.78, 5) is 22.1. The Morgan fingerprint density at radius 3 is 2.50 bits per heavy atom. The molecule has 0 saturated heterocycles. The van der Waals surface area contributed by atoms with Gasteiger partial charge < -0.3 is 5.11 Å². The van der Waals surface area contributed by atoms with E-state index >= 15 is 0 Å². The van der Waals surface area contributed by atoms with E-state index in [1.54, 1.807) is 6.07 Å². The first-order chi connectivity index (χ1) is 7.45. The van der Waals surface area contributed by atoms with Crippen LogP contribution in [-0.2, 0) is 15.0 Å². The molecule has 1 aliphatic rings. The number of ketones is 1. The van der Waals surface area contributed by atoms with Crippen LogP contribution in [0.4, 0.5) is 4.39 Å². The van der Waals surface area contributed by atoms with E-state index in [0.717, 1.165) is 0 Å². The van der Waals surface area contributed by atoms with Crippen LogP contribution in [-0.4, -0.2) is 16.9 Å².